The highest BCUT2D eigenvalue weighted by molar-refractivity contribution is 6.07. The summed E-state index contributed by atoms with van der Waals surface area (Å²) < 4.78 is 14.6. The summed E-state index contributed by atoms with van der Waals surface area (Å²) in [6.45, 7) is 1.69. The second kappa shape index (κ2) is 5.35. The summed E-state index contributed by atoms with van der Waals surface area (Å²) in [6, 6.07) is 8.75. The predicted molar refractivity (Wildman–Crippen MR) is 80.2 cm³/mol. The molecule has 1 saturated heterocycles. The third kappa shape index (κ3) is 2.50. The molecule has 1 atom stereocenters. The normalized spacial score (nSPS) is 20.3. The van der Waals surface area contributed by atoms with Gasteiger partial charge in [0.2, 0.25) is 0 Å². The van der Waals surface area contributed by atoms with Crippen LogP contribution in [0.15, 0.2) is 47.4 Å². The molecule has 6 nitrogen and oxygen atoms in total. The van der Waals surface area contributed by atoms with Crippen molar-refractivity contribution < 1.29 is 14.0 Å². The van der Waals surface area contributed by atoms with Crippen LogP contribution in [-0.2, 0) is 16.9 Å². The van der Waals surface area contributed by atoms with Gasteiger partial charge < -0.3 is 9.88 Å². The van der Waals surface area contributed by atoms with Crippen LogP contribution in [0.25, 0.3) is 0 Å². The summed E-state index contributed by atoms with van der Waals surface area (Å²) in [5, 5.41) is 4.74. The Balaban J connectivity index is 2.12. The Hall–Kier alpha value is -2.96. The summed E-state index contributed by atoms with van der Waals surface area (Å²) in [5.74, 6) is -1.50. The number of nitrogens with zero attached hydrogens (tertiary/aromatic N) is 1. The number of carbonyl (C=O) groups is 2. The first kappa shape index (κ1) is 15.0. The smallest absolute Gasteiger partial charge is 0.318 e. The van der Waals surface area contributed by atoms with Crippen LogP contribution in [0.4, 0.5) is 9.18 Å². The van der Waals surface area contributed by atoms with Crippen LogP contribution >= 0.6 is 0 Å². The van der Waals surface area contributed by atoms with Crippen LogP contribution in [0.5, 0.6) is 0 Å². The molecule has 1 fully saturated rings. The second-order valence-electron chi connectivity index (χ2n) is 5.47. The third-order valence-electron chi connectivity index (χ3n) is 3.87. The molecule has 2 aromatic rings. The molecule has 0 bridgehead atoms. The molecule has 3 amide bonds. The number of rotatable bonds is 3. The van der Waals surface area contributed by atoms with E-state index < -0.39 is 28.9 Å². The number of aromatic nitrogens is 1. The molecule has 23 heavy (non-hydrogen) atoms. The number of hydrogen-bond donors (Lipinski definition) is 2. The highest BCUT2D eigenvalue weighted by Gasteiger charge is 2.48. The topological polar surface area (TPSA) is 80.2 Å². The van der Waals surface area contributed by atoms with E-state index in [9.17, 15) is 18.8 Å². The molecular weight excluding hydrogens is 301 g/mol. The highest BCUT2D eigenvalue weighted by atomic mass is 19.1. The molecular formula is C16H14FN3O3. The van der Waals surface area contributed by atoms with Gasteiger partial charge in [0.05, 0.1) is 6.54 Å². The summed E-state index contributed by atoms with van der Waals surface area (Å²) in [4.78, 5) is 36.0. The van der Waals surface area contributed by atoms with Crippen molar-refractivity contribution in [3.8, 4) is 0 Å². The van der Waals surface area contributed by atoms with Crippen molar-refractivity contribution in [2.45, 2.75) is 19.0 Å². The van der Waals surface area contributed by atoms with Crippen LogP contribution in [-0.4, -0.2) is 16.5 Å². The molecule has 2 N–H and O–H groups in total. The fraction of sp³-hybridized carbons (Fsp3) is 0.188. The van der Waals surface area contributed by atoms with Crippen molar-refractivity contribution in [1.82, 2.24) is 15.2 Å². The zero-order valence-corrected chi connectivity index (χ0v) is 12.3. The Kier molecular flexibility index (Phi) is 3.48. The van der Waals surface area contributed by atoms with E-state index in [4.69, 9.17) is 0 Å². The lowest BCUT2D eigenvalue weighted by atomic mass is 9.89. The number of halogens is 1. The summed E-state index contributed by atoms with van der Waals surface area (Å²) in [7, 11) is 0. The van der Waals surface area contributed by atoms with E-state index in [1.54, 1.807) is 24.3 Å². The first-order valence-electron chi connectivity index (χ1n) is 6.98. The number of urea groups is 1. The Morgan fingerprint density at radius 2 is 1.83 bits per heavy atom. The zero-order valence-electron chi connectivity index (χ0n) is 12.3. The van der Waals surface area contributed by atoms with Crippen LogP contribution in [0, 0.1) is 12.7 Å². The lowest BCUT2D eigenvalue weighted by Gasteiger charge is -2.27. The molecule has 0 radical (unpaired) electrons. The lowest BCUT2D eigenvalue weighted by Crippen LogP contribution is -2.49. The highest BCUT2D eigenvalue weighted by Crippen LogP contribution is 2.27. The largest absolute Gasteiger partial charge is 0.322 e. The van der Waals surface area contributed by atoms with Gasteiger partial charge in [-0.2, -0.15) is 0 Å². The molecule has 0 spiro atoms. The van der Waals surface area contributed by atoms with Gasteiger partial charge in [0.15, 0.2) is 11.4 Å². The summed E-state index contributed by atoms with van der Waals surface area (Å²) in [6.07, 6.45) is 1.37. The molecule has 0 aliphatic carbocycles. The first-order valence-corrected chi connectivity index (χ1v) is 6.98. The van der Waals surface area contributed by atoms with Gasteiger partial charge in [0.1, 0.15) is 0 Å². The van der Waals surface area contributed by atoms with E-state index in [2.05, 4.69) is 10.6 Å². The molecule has 118 valence electrons. The minimum absolute atomic E-state index is 0.204. The third-order valence-corrected chi connectivity index (χ3v) is 3.87. The van der Waals surface area contributed by atoms with Crippen molar-refractivity contribution in [2.75, 3.05) is 0 Å². The average Bonchev–Trinajstić information content (AvgIpc) is 2.79. The van der Waals surface area contributed by atoms with Gasteiger partial charge in [-0.25, -0.2) is 9.18 Å². The number of amides is 3. The van der Waals surface area contributed by atoms with Gasteiger partial charge in [-0.15, -0.1) is 0 Å². The van der Waals surface area contributed by atoms with Gasteiger partial charge in [-0.3, -0.25) is 14.9 Å². The Bertz CT molecular complexity index is 844. The minimum atomic E-state index is -1.46. The first-order chi connectivity index (χ1) is 10.9. The van der Waals surface area contributed by atoms with E-state index in [1.165, 1.54) is 12.3 Å². The zero-order chi connectivity index (χ0) is 16.6. The summed E-state index contributed by atoms with van der Waals surface area (Å²) in [5.41, 5.74) is -0.810. The average molecular weight is 315 g/mol. The van der Waals surface area contributed by atoms with Gasteiger partial charge >= 0.3 is 6.03 Å². The number of aryl methyl sites for hydroxylation is 1. The number of hydrogen-bond acceptors (Lipinski definition) is 3. The van der Waals surface area contributed by atoms with Gasteiger partial charge in [0, 0.05) is 6.20 Å². The monoisotopic (exact) mass is 315 g/mol. The molecule has 1 aromatic carbocycles. The maximum absolute atomic E-state index is 13.5. The van der Waals surface area contributed by atoms with Crippen LogP contribution < -0.4 is 16.2 Å². The molecule has 1 aromatic heterocycles. The molecule has 3 rings (SSSR count). The van der Waals surface area contributed by atoms with E-state index in [1.807, 2.05) is 6.92 Å². The molecule has 1 aliphatic heterocycles. The Labute approximate surface area is 130 Å². The molecule has 0 saturated carbocycles. The number of imide groups is 1. The van der Waals surface area contributed by atoms with Crippen molar-refractivity contribution in [3.63, 3.8) is 0 Å². The number of benzene rings is 1. The SMILES string of the molecule is Cc1ccc(C2(Cn3cccc(F)c3=O)NC(=O)NC2=O)cc1. The van der Waals surface area contributed by atoms with Crippen molar-refractivity contribution in [2.24, 2.45) is 0 Å². The van der Waals surface area contributed by atoms with Crippen molar-refractivity contribution in [3.05, 3.63) is 69.9 Å². The van der Waals surface area contributed by atoms with E-state index in [0.717, 1.165) is 16.2 Å². The lowest BCUT2D eigenvalue weighted by molar-refractivity contribution is -0.124. The number of carbonyl (C=O) groups excluding carboxylic acids is 2. The molecule has 2 heterocycles. The molecule has 1 unspecified atom stereocenters. The summed E-state index contributed by atoms with van der Waals surface area (Å²) >= 11 is 0. The maximum atomic E-state index is 13.5. The fourth-order valence-electron chi connectivity index (χ4n) is 2.62. The Morgan fingerprint density at radius 1 is 1.13 bits per heavy atom. The Morgan fingerprint density at radius 3 is 2.43 bits per heavy atom. The standard InChI is InChI=1S/C16H14FN3O3/c1-10-4-6-11(7-5-10)16(14(22)18-15(23)19-16)9-20-8-2-3-12(17)13(20)21/h2-8H,9H2,1H3,(H2,18,19,22,23). The molecule has 1 aliphatic rings. The van der Waals surface area contributed by atoms with Crippen LogP contribution in [0.1, 0.15) is 11.1 Å². The maximum Gasteiger partial charge on any atom is 0.322 e. The van der Waals surface area contributed by atoms with Gasteiger partial charge in [0.25, 0.3) is 11.5 Å². The van der Waals surface area contributed by atoms with E-state index in [-0.39, 0.29) is 6.54 Å². The van der Waals surface area contributed by atoms with Crippen molar-refractivity contribution >= 4 is 11.9 Å². The van der Waals surface area contributed by atoms with E-state index >= 15 is 0 Å². The predicted octanol–water partition coefficient (Wildman–Crippen LogP) is 1.03. The van der Waals surface area contributed by atoms with Gasteiger partial charge in [-0.05, 0) is 24.6 Å². The van der Waals surface area contributed by atoms with Crippen LogP contribution in [0.2, 0.25) is 0 Å². The van der Waals surface area contributed by atoms with E-state index in [0.29, 0.717) is 5.56 Å². The van der Waals surface area contributed by atoms with Gasteiger partial charge in [-0.1, -0.05) is 29.8 Å². The van der Waals surface area contributed by atoms with Crippen LogP contribution in [0.3, 0.4) is 0 Å². The molecule has 7 heteroatoms. The number of nitrogens with one attached hydrogen (secondary N) is 2. The second-order valence-corrected chi connectivity index (χ2v) is 5.47. The minimum Gasteiger partial charge on any atom is -0.318 e. The van der Waals surface area contributed by atoms with Crippen molar-refractivity contribution in [1.29, 1.82) is 0 Å². The quantitative estimate of drug-likeness (QED) is 0.830. The number of pyridine rings is 1. The fourth-order valence-corrected chi connectivity index (χ4v) is 2.62.